The molecule has 0 fully saturated rings. The van der Waals surface area contributed by atoms with Gasteiger partial charge in [0.2, 0.25) is 0 Å². The Bertz CT molecular complexity index is 2000. The number of amides is 2. The average molecular weight is 619 g/mol. The van der Waals surface area contributed by atoms with E-state index in [4.69, 9.17) is 0 Å². The number of rotatable bonds is 5. The van der Waals surface area contributed by atoms with Gasteiger partial charge in [0.05, 0.1) is 27.4 Å². The minimum atomic E-state index is -0.146. The third-order valence-electron chi connectivity index (χ3n) is 8.35. The molecule has 7 rings (SSSR count). The molecule has 2 aromatic carbocycles. The number of likely N-dealkylation sites (N-methyl/N-ethyl adjacent to an activating group) is 2. The maximum Gasteiger partial charge on any atom is 0.261 e. The molecule has 7 heteroatoms. The van der Waals surface area contributed by atoms with Crippen molar-refractivity contribution in [3.8, 4) is 30.6 Å². The molecule has 5 aromatic rings. The van der Waals surface area contributed by atoms with E-state index in [1.54, 1.807) is 35.2 Å². The maximum absolute atomic E-state index is 13.7. The Morgan fingerprint density at radius 1 is 0.512 bits per heavy atom. The summed E-state index contributed by atoms with van der Waals surface area (Å²) in [6, 6.07) is 25.3. The normalized spacial score (nSPS) is 15.0. The number of hydrogen-bond acceptors (Lipinski definition) is 5. The Labute approximate surface area is 263 Å². The summed E-state index contributed by atoms with van der Waals surface area (Å²) in [4.78, 5) is 37.9. The molecule has 0 saturated heterocycles. The first-order valence-electron chi connectivity index (χ1n) is 14.1. The van der Waals surface area contributed by atoms with Gasteiger partial charge in [0.25, 0.3) is 11.8 Å². The van der Waals surface area contributed by atoms with Gasteiger partial charge in [0.1, 0.15) is 0 Å². The lowest BCUT2D eigenvalue weighted by molar-refractivity contribution is -0.123. The standard InChI is InChI=1S/C36H30N2O2S3/c1-19-7-9-23(10-8-19)26-15-16-27(42-26)33-31-30(35(39)38(33)6)32(37(5)36(31)40)24-11-13-25(14-12-24)34-21(3)18-29(43-34)28-17-20(2)22(4)41-28/h7-18H,1-6H3. The molecule has 0 aliphatic carbocycles. The van der Waals surface area contributed by atoms with Crippen molar-refractivity contribution in [2.75, 3.05) is 14.1 Å². The lowest BCUT2D eigenvalue weighted by Gasteiger charge is -2.19. The molecule has 4 nitrogen and oxygen atoms in total. The third-order valence-corrected chi connectivity index (χ3v) is 12.1. The Hall–Kier alpha value is -4.04. The molecule has 3 aromatic heterocycles. The van der Waals surface area contributed by atoms with Crippen LogP contribution in [0.4, 0.5) is 0 Å². The number of hydrogen-bond donors (Lipinski definition) is 0. The van der Waals surface area contributed by atoms with Crippen molar-refractivity contribution < 1.29 is 9.59 Å². The first-order valence-corrected chi connectivity index (χ1v) is 16.6. The molecule has 2 aliphatic heterocycles. The van der Waals surface area contributed by atoms with Crippen LogP contribution in [0.5, 0.6) is 0 Å². The van der Waals surface area contributed by atoms with Crippen LogP contribution in [0.1, 0.15) is 32.0 Å². The molecule has 214 valence electrons. The van der Waals surface area contributed by atoms with Crippen molar-refractivity contribution in [1.29, 1.82) is 0 Å². The molecule has 0 radical (unpaired) electrons. The molecule has 0 unspecified atom stereocenters. The summed E-state index contributed by atoms with van der Waals surface area (Å²) in [5.41, 5.74) is 9.24. The number of carbonyl (C=O) groups excluding carboxylic acids is 2. The number of benzene rings is 2. The summed E-state index contributed by atoms with van der Waals surface area (Å²) in [7, 11) is 3.53. The van der Waals surface area contributed by atoms with Crippen molar-refractivity contribution in [2.24, 2.45) is 0 Å². The Morgan fingerprint density at radius 2 is 1.05 bits per heavy atom. The van der Waals surface area contributed by atoms with Crippen LogP contribution in [0, 0.1) is 27.7 Å². The van der Waals surface area contributed by atoms with E-state index in [9.17, 15) is 9.59 Å². The zero-order valence-electron chi connectivity index (χ0n) is 24.9. The Kier molecular flexibility index (Phi) is 6.65. The van der Waals surface area contributed by atoms with E-state index in [2.05, 4.69) is 82.3 Å². The monoisotopic (exact) mass is 618 g/mol. The van der Waals surface area contributed by atoms with Gasteiger partial charge in [-0.1, -0.05) is 54.1 Å². The van der Waals surface area contributed by atoms with Gasteiger partial charge in [-0.3, -0.25) is 9.59 Å². The van der Waals surface area contributed by atoms with Crippen molar-refractivity contribution in [2.45, 2.75) is 27.7 Å². The van der Waals surface area contributed by atoms with E-state index >= 15 is 0 Å². The Balaban J connectivity index is 1.26. The van der Waals surface area contributed by atoms with Crippen molar-refractivity contribution in [1.82, 2.24) is 9.80 Å². The molecule has 5 heterocycles. The average Bonchev–Trinajstić information content (AvgIpc) is 3.80. The zero-order chi connectivity index (χ0) is 30.2. The predicted molar refractivity (Wildman–Crippen MR) is 181 cm³/mol. The van der Waals surface area contributed by atoms with Crippen LogP contribution < -0.4 is 0 Å². The highest BCUT2D eigenvalue weighted by Gasteiger charge is 2.47. The van der Waals surface area contributed by atoms with E-state index in [0.717, 1.165) is 26.4 Å². The van der Waals surface area contributed by atoms with Crippen LogP contribution >= 0.6 is 34.0 Å². The van der Waals surface area contributed by atoms with E-state index in [-0.39, 0.29) is 11.8 Å². The van der Waals surface area contributed by atoms with Crippen molar-refractivity contribution in [3.05, 3.63) is 116 Å². The summed E-state index contributed by atoms with van der Waals surface area (Å²) < 4.78 is 0. The van der Waals surface area contributed by atoms with Crippen LogP contribution in [0.25, 0.3) is 42.0 Å². The number of carbonyl (C=O) groups is 2. The van der Waals surface area contributed by atoms with E-state index < -0.39 is 0 Å². The summed E-state index contributed by atoms with van der Waals surface area (Å²) in [5.74, 6) is -0.292. The largest absolute Gasteiger partial charge is 0.310 e. The molecule has 0 spiro atoms. The van der Waals surface area contributed by atoms with Crippen LogP contribution in [0.2, 0.25) is 0 Å². The minimum Gasteiger partial charge on any atom is -0.310 e. The second-order valence-electron chi connectivity index (χ2n) is 11.3. The van der Waals surface area contributed by atoms with Gasteiger partial charge in [-0.05, 0) is 79.8 Å². The second-order valence-corrected chi connectivity index (χ2v) is 14.6. The molecule has 2 aliphatic rings. The second kappa shape index (κ2) is 10.3. The molecule has 2 amide bonds. The first kappa shape index (κ1) is 27.8. The maximum atomic E-state index is 13.7. The fraction of sp³-hybridized carbons (Fsp3) is 0.167. The number of nitrogens with zero attached hydrogens (tertiary/aromatic N) is 2. The highest BCUT2D eigenvalue weighted by molar-refractivity contribution is 7.24. The molecule has 0 atom stereocenters. The molecule has 0 bridgehead atoms. The highest BCUT2D eigenvalue weighted by Crippen LogP contribution is 2.48. The van der Waals surface area contributed by atoms with Gasteiger partial charge >= 0.3 is 0 Å². The molecule has 0 N–H and O–H groups in total. The van der Waals surface area contributed by atoms with Gasteiger partial charge in [-0.2, -0.15) is 0 Å². The Morgan fingerprint density at radius 3 is 1.70 bits per heavy atom. The van der Waals surface area contributed by atoms with Crippen LogP contribution in [-0.2, 0) is 9.59 Å². The zero-order valence-corrected chi connectivity index (χ0v) is 27.3. The van der Waals surface area contributed by atoms with Gasteiger partial charge in [0, 0.05) is 38.5 Å². The quantitative estimate of drug-likeness (QED) is 0.197. The number of aryl methyl sites for hydroxylation is 4. The first-order chi connectivity index (χ1) is 20.6. The number of fused-ring (bicyclic) bond motifs is 1. The topological polar surface area (TPSA) is 40.6 Å². The molecule has 0 saturated carbocycles. The summed E-state index contributed by atoms with van der Waals surface area (Å²) >= 11 is 5.25. The van der Waals surface area contributed by atoms with E-state index in [1.807, 2.05) is 40.9 Å². The summed E-state index contributed by atoms with van der Waals surface area (Å²) in [5, 5.41) is 0. The fourth-order valence-corrected chi connectivity index (χ4v) is 9.24. The summed E-state index contributed by atoms with van der Waals surface area (Å²) in [6.45, 7) is 8.56. The SMILES string of the molecule is Cc1ccc(-c2ccc(C3=C4C(=O)N(C)C(c5ccc(-c6sc(-c7cc(C)c(C)s7)cc6C)cc5)=C4C(=O)N3C)s2)cc1. The lowest BCUT2D eigenvalue weighted by Crippen LogP contribution is -2.24. The van der Waals surface area contributed by atoms with Gasteiger partial charge < -0.3 is 9.80 Å². The van der Waals surface area contributed by atoms with Crippen LogP contribution in [0.3, 0.4) is 0 Å². The fourth-order valence-electron chi connectivity index (χ4n) is 5.86. The molecular weight excluding hydrogens is 589 g/mol. The molecular formula is C36H30N2O2S3. The lowest BCUT2D eigenvalue weighted by atomic mass is 10.0. The highest BCUT2D eigenvalue weighted by atomic mass is 32.1. The predicted octanol–water partition coefficient (Wildman–Crippen LogP) is 9.17. The van der Waals surface area contributed by atoms with Crippen LogP contribution in [-0.4, -0.2) is 35.7 Å². The van der Waals surface area contributed by atoms with Gasteiger partial charge in [-0.25, -0.2) is 0 Å². The van der Waals surface area contributed by atoms with E-state index in [0.29, 0.717) is 22.5 Å². The summed E-state index contributed by atoms with van der Waals surface area (Å²) in [6.07, 6.45) is 0. The van der Waals surface area contributed by atoms with E-state index in [1.165, 1.54) is 36.2 Å². The smallest absolute Gasteiger partial charge is 0.261 e. The van der Waals surface area contributed by atoms with Gasteiger partial charge in [-0.15, -0.1) is 34.0 Å². The molecule has 43 heavy (non-hydrogen) atoms. The number of thiophene rings is 3. The van der Waals surface area contributed by atoms with Crippen molar-refractivity contribution in [3.63, 3.8) is 0 Å². The van der Waals surface area contributed by atoms with Gasteiger partial charge in [0.15, 0.2) is 0 Å². The van der Waals surface area contributed by atoms with Crippen molar-refractivity contribution >= 4 is 57.2 Å². The third kappa shape index (κ3) is 4.46. The minimum absolute atomic E-state index is 0.146. The van der Waals surface area contributed by atoms with Crippen LogP contribution in [0.15, 0.2) is 83.9 Å².